The summed E-state index contributed by atoms with van der Waals surface area (Å²) in [7, 11) is 1.63. The molecule has 0 saturated carbocycles. The van der Waals surface area contributed by atoms with Crippen molar-refractivity contribution in [2.45, 2.75) is 13.5 Å². The van der Waals surface area contributed by atoms with Crippen LogP contribution in [0.2, 0.25) is 0 Å². The molecule has 0 amide bonds. The van der Waals surface area contributed by atoms with E-state index in [1.165, 1.54) is 0 Å². The fraction of sp³-hybridized carbons (Fsp3) is 0.200. The maximum absolute atomic E-state index is 11.3. The van der Waals surface area contributed by atoms with Crippen LogP contribution in [0.5, 0.6) is 5.75 Å². The molecule has 4 rings (SSSR count). The molecular formula is C15H13N5O2. The molecule has 0 N–H and O–H groups in total. The Morgan fingerprint density at radius 1 is 1.32 bits per heavy atom. The summed E-state index contributed by atoms with van der Waals surface area (Å²) in [6.45, 7) is 2.39. The molecule has 1 aliphatic rings. The second-order valence-corrected chi connectivity index (χ2v) is 5.10. The van der Waals surface area contributed by atoms with Gasteiger partial charge >= 0.3 is 0 Å². The number of carbonyl (C=O) groups excluding carboxylic acids is 1. The second kappa shape index (κ2) is 4.52. The topological polar surface area (TPSA) is 74.8 Å². The van der Waals surface area contributed by atoms with E-state index in [1.807, 2.05) is 34.3 Å². The fourth-order valence-electron chi connectivity index (χ4n) is 2.80. The number of aldehydes is 1. The molecule has 0 saturated heterocycles. The molecule has 0 atom stereocenters. The van der Waals surface area contributed by atoms with E-state index < -0.39 is 0 Å². The first-order valence-corrected chi connectivity index (χ1v) is 6.83. The van der Waals surface area contributed by atoms with Crippen LogP contribution in [0.1, 0.15) is 22.0 Å². The van der Waals surface area contributed by atoms with Crippen molar-refractivity contribution in [3.05, 3.63) is 41.7 Å². The first-order chi connectivity index (χ1) is 10.7. The number of methoxy groups -OCH3 is 1. The number of fused-ring (bicyclic) bond motifs is 5. The zero-order chi connectivity index (χ0) is 15.3. The van der Waals surface area contributed by atoms with E-state index in [1.54, 1.807) is 13.4 Å². The van der Waals surface area contributed by atoms with Gasteiger partial charge in [0.15, 0.2) is 12.1 Å². The third-order valence-corrected chi connectivity index (χ3v) is 3.96. The van der Waals surface area contributed by atoms with Crippen LogP contribution in [0.4, 0.5) is 0 Å². The predicted octanol–water partition coefficient (Wildman–Crippen LogP) is 1.62. The number of aryl methyl sites for hydroxylation is 1. The largest absolute Gasteiger partial charge is 0.497 e. The van der Waals surface area contributed by atoms with Crippen molar-refractivity contribution in [3.63, 3.8) is 0 Å². The third kappa shape index (κ3) is 1.62. The summed E-state index contributed by atoms with van der Waals surface area (Å²) in [5.74, 6) is 2.28. The van der Waals surface area contributed by atoms with Crippen LogP contribution in [-0.4, -0.2) is 37.7 Å². The Bertz CT molecular complexity index is 893. The summed E-state index contributed by atoms with van der Waals surface area (Å²) < 4.78 is 9.22. The lowest BCUT2D eigenvalue weighted by Gasteiger charge is -2.09. The van der Waals surface area contributed by atoms with E-state index >= 15 is 0 Å². The lowest BCUT2D eigenvalue weighted by molar-refractivity contribution is 0.111. The van der Waals surface area contributed by atoms with Gasteiger partial charge in [0.25, 0.3) is 0 Å². The molecule has 0 bridgehead atoms. The molecule has 1 aliphatic heterocycles. The third-order valence-electron chi connectivity index (χ3n) is 3.96. The Morgan fingerprint density at radius 3 is 2.95 bits per heavy atom. The Hall–Kier alpha value is -2.96. The summed E-state index contributed by atoms with van der Waals surface area (Å²) in [4.78, 5) is 15.5. The Labute approximate surface area is 126 Å². The molecule has 7 nitrogen and oxygen atoms in total. The number of hydrogen-bond acceptors (Lipinski definition) is 5. The SMILES string of the molecule is COc1ccc2c(c1)-c1nnc(C)n1Cc1c(C=O)ncn1-2. The second-order valence-electron chi connectivity index (χ2n) is 5.10. The van der Waals surface area contributed by atoms with E-state index in [-0.39, 0.29) is 0 Å². The van der Waals surface area contributed by atoms with Gasteiger partial charge in [0.2, 0.25) is 0 Å². The first kappa shape index (κ1) is 12.8. The Kier molecular flexibility index (Phi) is 2.62. The average Bonchev–Trinajstić information content (AvgIpc) is 3.08. The van der Waals surface area contributed by atoms with Gasteiger partial charge in [-0.15, -0.1) is 10.2 Å². The van der Waals surface area contributed by atoms with Crippen LogP contribution >= 0.6 is 0 Å². The number of carbonyl (C=O) groups is 1. The number of benzene rings is 1. The zero-order valence-electron chi connectivity index (χ0n) is 12.1. The highest BCUT2D eigenvalue weighted by molar-refractivity contribution is 5.77. The summed E-state index contributed by atoms with van der Waals surface area (Å²) in [6.07, 6.45) is 2.44. The van der Waals surface area contributed by atoms with Crippen LogP contribution in [0, 0.1) is 6.92 Å². The Morgan fingerprint density at radius 2 is 2.18 bits per heavy atom. The molecule has 110 valence electrons. The molecule has 0 unspecified atom stereocenters. The van der Waals surface area contributed by atoms with Gasteiger partial charge in [0.05, 0.1) is 25.0 Å². The number of hydrogen-bond donors (Lipinski definition) is 0. The van der Waals surface area contributed by atoms with Crippen LogP contribution in [0.25, 0.3) is 17.1 Å². The molecular weight excluding hydrogens is 282 g/mol. The molecule has 3 heterocycles. The summed E-state index contributed by atoms with van der Waals surface area (Å²) in [5.41, 5.74) is 3.06. The lowest BCUT2D eigenvalue weighted by atomic mass is 10.1. The van der Waals surface area contributed by atoms with E-state index in [4.69, 9.17) is 4.74 Å². The van der Waals surface area contributed by atoms with Gasteiger partial charge in [-0.1, -0.05) is 0 Å². The molecule has 0 radical (unpaired) electrons. The predicted molar refractivity (Wildman–Crippen MR) is 78.4 cm³/mol. The van der Waals surface area contributed by atoms with Crippen LogP contribution in [-0.2, 0) is 6.54 Å². The molecule has 0 aliphatic carbocycles. The Balaban J connectivity index is 2.09. The molecule has 7 heteroatoms. The van der Waals surface area contributed by atoms with Crippen molar-refractivity contribution < 1.29 is 9.53 Å². The van der Waals surface area contributed by atoms with Gasteiger partial charge in [-0.05, 0) is 25.1 Å². The number of nitrogens with zero attached hydrogens (tertiary/aromatic N) is 5. The van der Waals surface area contributed by atoms with Gasteiger partial charge in [0, 0.05) is 5.56 Å². The van der Waals surface area contributed by atoms with Crippen LogP contribution in [0.3, 0.4) is 0 Å². The van der Waals surface area contributed by atoms with Crippen molar-refractivity contribution in [2.75, 3.05) is 7.11 Å². The van der Waals surface area contributed by atoms with Crippen molar-refractivity contribution in [2.24, 2.45) is 0 Å². The monoisotopic (exact) mass is 295 g/mol. The zero-order valence-corrected chi connectivity index (χ0v) is 12.1. The van der Waals surface area contributed by atoms with Crippen LogP contribution in [0.15, 0.2) is 24.5 Å². The standard InChI is InChI=1S/C15H13N5O2/c1-9-17-18-15-11-5-10(22-2)3-4-13(11)20-8-16-12(7-21)14(20)6-19(9)15/h3-5,7-8H,6H2,1-2H3. The molecule has 1 aromatic carbocycles. The van der Waals surface area contributed by atoms with E-state index in [0.717, 1.165) is 40.6 Å². The first-order valence-electron chi connectivity index (χ1n) is 6.83. The van der Waals surface area contributed by atoms with Crippen molar-refractivity contribution in [1.29, 1.82) is 0 Å². The molecule has 3 aromatic rings. The van der Waals surface area contributed by atoms with Gasteiger partial charge in [-0.25, -0.2) is 4.98 Å². The van der Waals surface area contributed by atoms with Crippen molar-refractivity contribution in [3.8, 4) is 22.8 Å². The maximum Gasteiger partial charge on any atom is 0.170 e. The van der Waals surface area contributed by atoms with E-state index in [9.17, 15) is 4.79 Å². The van der Waals surface area contributed by atoms with Crippen LogP contribution < -0.4 is 4.74 Å². The molecule has 2 aromatic heterocycles. The minimum atomic E-state index is 0.433. The van der Waals surface area contributed by atoms with Gasteiger partial charge < -0.3 is 9.30 Å². The average molecular weight is 295 g/mol. The molecule has 22 heavy (non-hydrogen) atoms. The number of imidazole rings is 1. The smallest absolute Gasteiger partial charge is 0.170 e. The minimum Gasteiger partial charge on any atom is -0.497 e. The highest BCUT2D eigenvalue weighted by Crippen LogP contribution is 2.34. The number of rotatable bonds is 2. The quantitative estimate of drug-likeness (QED) is 0.525. The number of ether oxygens (including phenoxy) is 1. The summed E-state index contributed by atoms with van der Waals surface area (Å²) in [5, 5.41) is 8.45. The summed E-state index contributed by atoms with van der Waals surface area (Å²) >= 11 is 0. The summed E-state index contributed by atoms with van der Waals surface area (Å²) in [6, 6.07) is 5.74. The van der Waals surface area contributed by atoms with Crippen molar-refractivity contribution in [1.82, 2.24) is 24.3 Å². The van der Waals surface area contributed by atoms with Gasteiger partial charge in [-0.3, -0.25) is 9.36 Å². The normalized spacial score (nSPS) is 12.1. The minimum absolute atomic E-state index is 0.433. The molecule has 0 fully saturated rings. The van der Waals surface area contributed by atoms with E-state index in [0.29, 0.717) is 12.2 Å². The highest BCUT2D eigenvalue weighted by Gasteiger charge is 2.25. The lowest BCUT2D eigenvalue weighted by Crippen LogP contribution is -2.06. The highest BCUT2D eigenvalue weighted by atomic mass is 16.5. The molecule has 0 spiro atoms. The van der Waals surface area contributed by atoms with E-state index in [2.05, 4.69) is 15.2 Å². The van der Waals surface area contributed by atoms with Crippen molar-refractivity contribution >= 4 is 6.29 Å². The van der Waals surface area contributed by atoms with Gasteiger partial charge in [-0.2, -0.15) is 0 Å². The fourth-order valence-corrected chi connectivity index (χ4v) is 2.80. The number of aromatic nitrogens is 5. The maximum atomic E-state index is 11.3. The van der Waals surface area contributed by atoms with Gasteiger partial charge in [0.1, 0.15) is 23.6 Å².